The Bertz CT molecular complexity index is 4000. The lowest BCUT2D eigenvalue weighted by atomic mass is 10.1. The van der Waals surface area contributed by atoms with Crippen LogP contribution in [0, 0.1) is 0 Å². The van der Waals surface area contributed by atoms with Crippen molar-refractivity contribution in [3.8, 4) is 40.1 Å². The van der Waals surface area contributed by atoms with Crippen LogP contribution < -0.4 is 5.56 Å². The molecule has 0 N–H and O–H groups in total. The van der Waals surface area contributed by atoms with Crippen molar-refractivity contribution in [3.05, 3.63) is 204 Å². The van der Waals surface area contributed by atoms with Crippen LogP contribution in [-0.4, -0.2) is 28.7 Å². The van der Waals surface area contributed by atoms with Gasteiger partial charge < -0.3 is 8.98 Å². The van der Waals surface area contributed by atoms with Gasteiger partial charge in [0.1, 0.15) is 11.2 Å². The van der Waals surface area contributed by atoms with E-state index in [1.807, 2.05) is 132 Å². The zero-order chi connectivity index (χ0) is 40.9. The highest BCUT2D eigenvalue weighted by Crippen LogP contribution is 2.41. The highest BCUT2D eigenvalue weighted by atomic mass is 16.3. The number of nitrogens with zero attached hydrogens (tertiary/aromatic N) is 6. The molecule has 0 spiro atoms. The molecule has 8 aromatic carbocycles. The summed E-state index contributed by atoms with van der Waals surface area (Å²) in [5.74, 6) is 1.51. The first-order valence-corrected chi connectivity index (χ1v) is 20.6. The number of fused-ring (bicyclic) bond motifs is 11. The van der Waals surface area contributed by atoms with E-state index < -0.39 is 0 Å². The molecule has 290 valence electrons. The van der Waals surface area contributed by atoms with E-state index in [0.717, 1.165) is 93.6 Å². The monoisotopic (exact) mass is 796 g/mol. The zero-order valence-electron chi connectivity index (χ0n) is 33.0. The molecule has 0 unspecified atom stereocenters. The number of aromatic nitrogens is 6. The van der Waals surface area contributed by atoms with Crippen molar-refractivity contribution in [1.29, 1.82) is 0 Å². The Morgan fingerprint density at radius 1 is 0.371 bits per heavy atom. The Morgan fingerprint density at radius 2 is 0.935 bits per heavy atom. The Kier molecular flexibility index (Phi) is 7.29. The third-order valence-corrected chi connectivity index (χ3v) is 12.1. The van der Waals surface area contributed by atoms with Crippen LogP contribution >= 0.6 is 0 Å². The topological polar surface area (TPSA) is 83.7 Å². The summed E-state index contributed by atoms with van der Waals surface area (Å²) >= 11 is 0. The van der Waals surface area contributed by atoms with Crippen molar-refractivity contribution < 1.29 is 4.42 Å². The van der Waals surface area contributed by atoms with Crippen LogP contribution in [0.5, 0.6) is 0 Å². The maximum atomic E-state index is 15.3. The largest absolute Gasteiger partial charge is 0.456 e. The molecule has 62 heavy (non-hydrogen) atoms. The van der Waals surface area contributed by atoms with E-state index in [-0.39, 0.29) is 5.56 Å². The highest BCUT2D eigenvalue weighted by Gasteiger charge is 2.25. The molecule has 0 aliphatic heterocycles. The summed E-state index contributed by atoms with van der Waals surface area (Å²) < 4.78 is 12.5. The molecular formula is C54H32N6O2. The number of furan rings is 1. The summed E-state index contributed by atoms with van der Waals surface area (Å²) in [7, 11) is 0. The number of benzene rings is 8. The van der Waals surface area contributed by atoms with Crippen molar-refractivity contribution in [1.82, 2.24) is 28.7 Å². The maximum Gasteiger partial charge on any atom is 0.265 e. The summed E-state index contributed by atoms with van der Waals surface area (Å²) in [4.78, 5) is 30.9. The van der Waals surface area contributed by atoms with E-state index in [4.69, 9.17) is 19.4 Å². The van der Waals surface area contributed by atoms with E-state index in [9.17, 15) is 0 Å². The number of para-hydroxylation sites is 5. The molecule has 0 fully saturated rings. The minimum absolute atomic E-state index is 0.0959. The van der Waals surface area contributed by atoms with Gasteiger partial charge in [0.15, 0.2) is 11.6 Å². The lowest BCUT2D eigenvalue weighted by Gasteiger charge is -2.15. The van der Waals surface area contributed by atoms with Crippen LogP contribution in [0.25, 0.3) is 117 Å². The number of hydrogen-bond acceptors (Lipinski definition) is 5. The number of hydrogen-bond donors (Lipinski definition) is 0. The van der Waals surface area contributed by atoms with Gasteiger partial charge in [0, 0.05) is 54.8 Å². The highest BCUT2D eigenvalue weighted by molar-refractivity contribution is 6.22. The van der Waals surface area contributed by atoms with Gasteiger partial charge in [-0.25, -0.2) is 4.98 Å². The maximum absolute atomic E-state index is 15.3. The predicted octanol–water partition coefficient (Wildman–Crippen LogP) is 12.6. The van der Waals surface area contributed by atoms with Gasteiger partial charge in [-0.05, 0) is 66.7 Å². The molecule has 0 saturated carbocycles. The summed E-state index contributed by atoms with van der Waals surface area (Å²) in [6.07, 6.45) is 0. The van der Waals surface area contributed by atoms with Crippen molar-refractivity contribution in [3.63, 3.8) is 0 Å². The van der Waals surface area contributed by atoms with Crippen molar-refractivity contribution in [2.45, 2.75) is 0 Å². The normalized spacial score (nSPS) is 11.9. The van der Waals surface area contributed by atoms with E-state index in [1.54, 1.807) is 0 Å². The molecule has 0 radical (unpaired) electrons. The van der Waals surface area contributed by atoms with Crippen LogP contribution in [0.3, 0.4) is 0 Å². The second kappa shape index (κ2) is 13.2. The summed E-state index contributed by atoms with van der Waals surface area (Å²) in [5, 5.41) is 6.63. The summed E-state index contributed by atoms with van der Waals surface area (Å²) in [5.41, 5.74) is 9.28. The van der Waals surface area contributed by atoms with Crippen molar-refractivity contribution >= 4 is 76.5 Å². The second-order valence-corrected chi connectivity index (χ2v) is 15.6. The molecule has 0 aliphatic carbocycles. The molecule has 8 heteroatoms. The SMILES string of the molecule is O=c1c2c3ccccc3n(-c3ccccc3)c2c2cc3c4ccccc4n(-c4nc(-c5ccccc5)nc(-c5ccc6c(c5)oc5ccccc56)n4)c3cc2n1-c1ccccc1. The first-order chi connectivity index (χ1) is 30.7. The van der Waals surface area contributed by atoms with Gasteiger partial charge in [-0.3, -0.25) is 13.9 Å². The van der Waals surface area contributed by atoms with Gasteiger partial charge in [0.25, 0.3) is 5.56 Å². The molecule has 5 heterocycles. The Balaban J connectivity index is 1.16. The third-order valence-electron chi connectivity index (χ3n) is 12.1. The van der Waals surface area contributed by atoms with Crippen LogP contribution in [-0.2, 0) is 0 Å². The van der Waals surface area contributed by atoms with E-state index in [2.05, 4.69) is 75.9 Å². The molecule has 8 nitrogen and oxygen atoms in total. The molecule has 13 aromatic rings. The zero-order valence-corrected chi connectivity index (χ0v) is 33.0. The van der Waals surface area contributed by atoms with Crippen LogP contribution in [0.15, 0.2) is 203 Å². The first-order valence-electron chi connectivity index (χ1n) is 20.6. The fourth-order valence-corrected chi connectivity index (χ4v) is 9.38. The van der Waals surface area contributed by atoms with Crippen LogP contribution in [0.4, 0.5) is 0 Å². The molecule has 0 saturated heterocycles. The molecule has 0 bridgehead atoms. The quantitative estimate of drug-likeness (QED) is 0.173. The van der Waals surface area contributed by atoms with Crippen LogP contribution in [0.1, 0.15) is 0 Å². The van der Waals surface area contributed by atoms with Crippen LogP contribution in [0.2, 0.25) is 0 Å². The molecule has 0 aliphatic rings. The molecular weight excluding hydrogens is 765 g/mol. The van der Waals surface area contributed by atoms with Gasteiger partial charge in [-0.15, -0.1) is 0 Å². The van der Waals surface area contributed by atoms with Crippen molar-refractivity contribution in [2.75, 3.05) is 0 Å². The molecule has 13 rings (SSSR count). The third kappa shape index (κ3) is 5.01. The average molecular weight is 797 g/mol. The van der Waals surface area contributed by atoms with E-state index in [0.29, 0.717) is 23.0 Å². The van der Waals surface area contributed by atoms with Gasteiger partial charge in [0.2, 0.25) is 5.95 Å². The van der Waals surface area contributed by atoms with E-state index >= 15 is 4.79 Å². The summed E-state index contributed by atoms with van der Waals surface area (Å²) in [6.45, 7) is 0. The Hall–Kier alpha value is -8.62. The number of rotatable bonds is 5. The van der Waals surface area contributed by atoms with Gasteiger partial charge in [-0.1, -0.05) is 127 Å². The Labute approximate surface area is 352 Å². The minimum atomic E-state index is -0.0959. The van der Waals surface area contributed by atoms with Gasteiger partial charge in [-0.2, -0.15) is 9.97 Å². The first kappa shape index (κ1) is 34.3. The lowest BCUT2D eigenvalue weighted by molar-refractivity contribution is 0.669. The van der Waals surface area contributed by atoms with Gasteiger partial charge in [0.05, 0.1) is 33.0 Å². The Morgan fingerprint density at radius 3 is 1.68 bits per heavy atom. The summed E-state index contributed by atoms with van der Waals surface area (Å²) in [6, 6.07) is 65.3. The van der Waals surface area contributed by atoms with Crippen molar-refractivity contribution in [2.24, 2.45) is 0 Å². The molecule has 5 aromatic heterocycles. The van der Waals surface area contributed by atoms with E-state index in [1.165, 1.54) is 0 Å². The standard InChI is InChI=1S/C54H32N6O2/c61-53-49-40-24-11-14-26-44(40)58(35-18-6-2-7-19-35)50(49)42-31-41-37-22-10-13-25-43(37)60(45(41)32-46(42)59(53)36-20-8-3-9-21-36)54-56-51(33-16-4-1-5-17-33)55-52(57-54)34-28-29-39-38-23-12-15-27-47(38)62-48(39)30-34/h1-32H. The lowest BCUT2D eigenvalue weighted by Crippen LogP contribution is -2.19. The average Bonchev–Trinajstić information content (AvgIpc) is 3.99. The minimum Gasteiger partial charge on any atom is -0.456 e. The number of pyridine rings is 1. The molecule has 0 amide bonds. The smallest absolute Gasteiger partial charge is 0.265 e. The predicted molar refractivity (Wildman–Crippen MR) is 250 cm³/mol. The fourth-order valence-electron chi connectivity index (χ4n) is 9.38. The van der Waals surface area contributed by atoms with Gasteiger partial charge >= 0.3 is 0 Å². The molecule has 0 atom stereocenters. The fraction of sp³-hybridized carbons (Fsp3) is 0. The second-order valence-electron chi connectivity index (χ2n) is 15.6.